The maximum atomic E-state index is 14.5. The Bertz CT molecular complexity index is 614. The Labute approximate surface area is 103 Å². The van der Waals surface area contributed by atoms with Gasteiger partial charge in [-0.1, -0.05) is 6.92 Å². The molecule has 0 aromatic carbocycles. The number of fused-ring (bicyclic) bond motifs is 1. The molecule has 96 valence electrons. The highest BCUT2D eigenvalue weighted by molar-refractivity contribution is 5.81. The molecule has 2 heterocycles. The summed E-state index contributed by atoms with van der Waals surface area (Å²) in [6.45, 7) is 1.69. The molecule has 1 fully saturated rings. The fourth-order valence-corrected chi connectivity index (χ4v) is 2.30. The van der Waals surface area contributed by atoms with Crippen molar-refractivity contribution in [2.45, 2.75) is 25.6 Å². The largest absolute Gasteiger partial charge is 0.396 e. The van der Waals surface area contributed by atoms with Gasteiger partial charge in [0.05, 0.1) is 19.5 Å². The highest BCUT2D eigenvalue weighted by Gasteiger charge is 2.65. The predicted molar refractivity (Wildman–Crippen MR) is 63.4 cm³/mol. The maximum Gasteiger partial charge on any atom is 0.165 e. The Kier molecular flexibility index (Phi) is 2.13. The van der Waals surface area contributed by atoms with Crippen LogP contribution in [0.5, 0.6) is 0 Å². The van der Waals surface area contributed by atoms with Crippen LogP contribution in [-0.2, 0) is 6.54 Å². The van der Waals surface area contributed by atoms with E-state index in [2.05, 4.69) is 15.0 Å². The highest BCUT2D eigenvalue weighted by Crippen LogP contribution is 2.59. The Morgan fingerprint density at radius 3 is 2.94 bits per heavy atom. The second-order valence-corrected chi connectivity index (χ2v) is 5.16. The lowest BCUT2D eigenvalue weighted by molar-refractivity contribution is 0.139. The molecular weight excluding hydrogens is 237 g/mol. The van der Waals surface area contributed by atoms with E-state index in [0.717, 1.165) is 0 Å². The number of aromatic nitrogens is 4. The molecule has 0 bridgehead atoms. The van der Waals surface area contributed by atoms with Crippen molar-refractivity contribution in [2.75, 3.05) is 12.3 Å². The van der Waals surface area contributed by atoms with E-state index in [1.807, 2.05) is 0 Å². The molecule has 0 spiro atoms. The Hall–Kier alpha value is -1.76. The Morgan fingerprint density at radius 1 is 1.50 bits per heavy atom. The third kappa shape index (κ3) is 1.40. The number of nitrogen functional groups attached to an aromatic ring is 1. The number of halogens is 1. The summed E-state index contributed by atoms with van der Waals surface area (Å²) in [5.74, 6) is 0.285. The number of alkyl halides is 1. The molecule has 7 heteroatoms. The molecule has 18 heavy (non-hydrogen) atoms. The number of hydrogen-bond donors (Lipinski definition) is 2. The van der Waals surface area contributed by atoms with Gasteiger partial charge in [0, 0.05) is 5.41 Å². The molecule has 1 saturated carbocycles. The van der Waals surface area contributed by atoms with Gasteiger partial charge in [0.15, 0.2) is 11.5 Å². The summed E-state index contributed by atoms with van der Waals surface area (Å²) >= 11 is 0. The zero-order valence-corrected chi connectivity index (χ0v) is 9.97. The predicted octanol–water partition coefficient (Wildman–Crippen LogP) is 0.519. The number of imidazole rings is 1. The van der Waals surface area contributed by atoms with E-state index in [1.54, 1.807) is 11.5 Å². The highest BCUT2D eigenvalue weighted by atomic mass is 19.1. The number of anilines is 1. The van der Waals surface area contributed by atoms with Gasteiger partial charge >= 0.3 is 0 Å². The molecule has 0 aliphatic heterocycles. The first-order valence-electron chi connectivity index (χ1n) is 5.70. The monoisotopic (exact) mass is 251 g/mol. The van der Waals surface area contributed by atoms with Crippen molar-refractivity contribution >= 4 is 17.0 Å². The summed E-state index contributed by atoms with van der Waals surface area (Å²) in [5.41, 5.74) is 4.59. The number of nitrogens with two attached hydrogens (primary N) is 1. The lowest BCUT2D eigenvalue weighted by Crippen LogP contribution is -2.22. The molecule has 2 aromatic rings. The van der Waals surface area contributed by atoms with E-state index in [1.165, 1.54) is 12.7 Å². The van der Waals surface area contributed by atoms with Crippen molar-refractivity contribution < 1.29 is 9.50 Å². The molecule has 3 N–H and O–H groups in total. The first kappa shape index (κ1) is 11.3. The van der Waals surface area contributed by atoms with Crippen LogP contribution in [0.3, 0.4) is 0 Å². The van der Waals surface area contributed by atoms with Crippen molar-refractivity contribution in [2.24, 2.45) is 5.41 Å². The van der Waals surface area contributed by atoms with Crippen LogP contribution in [0.2, 0.25) is 0 Å². The molecule has 6 nitrogen and oxygen atoms in total. The SMILES string of the molecule is C[C@]1(CO)C[C@@]1(F)Cn1cnc2c(N)ncnc21. The maximum absolute atomic E-state index is 14.5. The van der Waals surface area contributed by atoms with Crippen LogP contribution >= 0.6 is 0 Å². The zero-order valence-electron chi connectivity index (χ0n) is 9.97. The molecule has 0 amide bonds. The average Bonchev–Trinajstić information content (AvgIpc) is 2.70. The van der Waals surface area contributed by atoms with E-state index in [-0.39, 0.29) is 19.0 Å². The molecule has 2 aromatic heterocycles. The second kappa shape index (κ2) is 3.38. The van der Waals surface area contributed by atoms with E-state index in [4.69, 9.17) is 5.73 Å². The Balaban J connectivity index is 1.96. The van der Waals surface area contributed by atoms with Gasteiger partial charge in [-0.15, -0.1) is 0 Å². The first-order valence-corrected chi connectivity index (χ1v) is 5.70. The van der Waals surface area contributed by atoms with Crippen LogP contribution < -0.4 is 5.73 Å². The third-order valence-corrected chi connectivity index (χ3v) is 3.83. The first-order chi connectivity index (χ1) is 8.49. The molecule has 0 saturated heterocycles. The van der Waals surface area contributed by atoms with Gasteiger partial charge < -0.3 is 15.4 Å². The summed E-state index contributed by atoms with van der Waals surface area (Å²) in [7, 11) is 0. The van der Waals surface area contributed by atoms with Crippen molar-refractivity contribution in [3.05, 3.63) is 12.7 Å². The molecule has 2 atom stereocenters. The quantitative estimate of drug-likeness (QED) is 0.830. The lowest BCUT2D eigenvalue weighted by Gasteiger charge is -2.13. The van der Waals surface area contributed by atoms with Crippen molar-refractivity contribution in [1.29, 1.82) is 0 Å². The van der Waals surface area contributed by atoms with Crippen molar-refractivity contribution in [3.63, 3.8) is 0 Å². The second-order valence-electron chi connectivity index (χ2n) is 5.16. The minimum atomic E-state index is -1.41. The summed E-state index contributed by atoms with van der Waals surface area (Å²) in [4.78, 5) is 12.0. The van der Waals surface area contributed by atoms with Crippen LogP contribution in [0.1, 0.15) is 13.3 Å². The minimum Gasteiger partial charge on any atom is -0.396 e. The molecular formula is C11H14FN5O. The molecule has 0 radical (unpaired) electrons. The summed E-state index contributed by atoms with van der Waals surface area (Å²) in [6, 6.07) is 0. The zero-order chi connectivity index (χ0) is 13.0. The van der Waals surface area contributed by atoms with Crippen LogP contribution in [0.15, 0.2) is 12.7 Å². The van der Waals surface area contributed by atoms with Gasteiger partial charge in [0.25, 0.3) is 0 Å². The third-order valence-electron chi connectivity index (χ3n) is 3.83. The van der Waals surface area contributed by atoms with Gasteiger partial charge in [-0.3, -0.25) is 0 Å². The number of nitrogens with zero attached hydrogens (tertiary/aromatic N) is 4. The Morgan fingerprint density at radius 2 is 2.28 bits per heavy atom. The summed E-state index contributed by atoms with van der Waals surface area (Å²) in [6.07, 6.45) is 3.18. The van der Waals surface area contributed by atoms with Gasteiger partial charge in [0.1, 0.15) is 17.5 Å². The normalized spacial score (nSPS) is 30.8. The smallest absolute Gasteiger partial charge is 0.165 e. The number of hydrogen-bond acceptors (Lipinski definition) is 5. The number of aliphatic hydroxyl groups is 1. The van der Waals surface area contributed by atoms with Gasteiger partial charge in [-0.25, -0.2) is 19.3 Å². The summed E-state index contributed by atoms with van der Waals surface area (Å²) in [5, 5.41) is 9.18. The van der Waals surface area contributed by atoms with Crippen molar-refractivity contribution in [1.82, 2.24) is 19.5 Å². The van der Waals surface area contributed by atoms with Gasteiger partial charge in [0.2, 0.25) is 0 Å². The molecule has 1 aliphatic carbocycles. The van der Waals surface area contributed by atoms with Crippen molar-refractivity contribution in [3.8, 4) is 0 Å². The fraction of sp³-hybridized carbons (Fsp3) is 0.545. The average molecular weight is 251 g/mol. The molecule has 1 aliphatic rings. The van der Waals surface area contributed by atoms with E-state index < -0.39 is 11.1 Å². The van der Waals surface area contributed by atoms with E-state index >= 15 is 0 Å². The summed E-state index contributed by atoms with van der Waals surface area (Å²) < 4.78 is 16.1. The number of rotatable bonds is 3. The topological polar surface area (TPSA) is 89.8 Å². The van der Waals surface area contributed by atoms with Crippen LogP contribution in [0.4, 0.5) is 10.2 Å². The van der Waals surface area contributed by atoms with E-state index in [0.29, 0.717) is 17.6 Å². The standard InChI is InChI=1S/C11H14FN5O/c1-10(4-18)2-11(10,12)3-17-6-16-7-8(13)14-5-15-9(7)17/h5-6,18H,2-4H2,1H3,(H2,13,14,15)/t10-,11-/m1/s1. The lowest BCUT2D eigenvalue weighted by atomic mass is 10.1. The number of aliphatic hydroxyl groups excluding tert-OH is 1. The van der Waals surface area contributed by atoms with Crippen LogP contribution in [0, 0.1) is 5.41 Å². The minimum absolute atomic E-state index is 0.122. The van der Waals surface area contributed by atoms with Gasteiger partial charge in [-0.05, 0) is 6.42 Å². The van der Waals surface area contributed by atoms with Gasteiger partial charge in [-0.2, -0.15) is 0 Å². The van der Waals surface area contributed by atoms with Crippen LogP contribution in [0.25, 0.3) is 11.2 Å². The van der Waals surface area contributed by atoms with E-state index in [9.17, 15) is 9.50 Å². The van der Waals surface area contributed by atoms with Crippen LogP contribution in [-0.4, -0.2) is 36.9 Å². The fourth-order valence-electron chi connectivity index (χ4n) is 2.30. The molecule has 0 unspecified atom stereocenters. The molecule has 3 rings (SSSR count).